The Morgan fingerprint density at radius 2 is 1.69 bits per heavy atom. The lowest BCUT2D eigenvalue weighted by Crippen LogP contribution is -2.16. The summed E-state index contributed by atoms with van der Waals surface area (Å²) in [7, 11) is 0. The number of hydrogen-bond donors (Lipinski definition) is 0. The van der Waals surface area contributed by atoms with Crippen LogP contribution in [0.1, 0.15) is 39.2 Å². The maximum atomic E-state index is 10.9. The van der Waals surface area contributed by atoms with Crippen molar-refractivity contribution in [3.63, 3.8) is 0 Å². The van der Waals surface area contributed by atoms with E-state index in [1.165, 1.54) is 12.0 Å². The van der Waals surface area contributed by atoms with E-state index < -0.39 is 0 Å². The van der Waals surface area contributed by atoms with Crippen LogP contribution in [0, 0.1) is 0 Å². The van der Waals surface area contributed by atoms with E-state index >= 15 is 0 Å². The maximum Gasteiger partial charge on any atom is 0.178 e. The molecule has 1 aromatic rings. The number of hydrogen-bond acceptors (Lipinski definition) is 0. The Morgan fingerprint density at radius 3 is 2.15 bits per heavy atom. The molecule has 0 N–H and O–H groups in total. The molecule has 0 spiro atoms. The van der Waals surface area contributed by atoms with Crippen molar-refractivity contribution in [2.45, 2.75) is 39.0 Å². The molecule has 0 aliphatic carbocycles. The van der Waals surface area contributed by atoms with Crippen LogP contribution in [0.25, 0.3) is 0 Å². The van der Waals surface area contributed by atoms with Crippen molar-refractivity contribution in [3.8, 4) is 5.75 Å². The summed E-state index contributed by atoms with van der Waals surface area (Å²) in [6.45, 7) is 6.62. The normalized spacial score (nSPS) is 11.6. The minimum absolute atomic E-state index is 0.0936. The number of rotatable bonds is 3. The molecule has 0 amide bonds. The van der Waals surface area contributed by atoms with Crippen LogP contribution in [0.2, 0.25) is 0 Å². The van der Waals surface area contributed by atoms with Gasteiger partial charge in [0.25, 0.3) is 0 Å². The van der Waals surface area contributed by atoms with Crippen molar-refractivity contribution in [2.75, 3.05) is 0 Å². The summed E-state index contributed by atoms with van der Waals surface area (Å²) in [5, 5.41) is 10.9. The molecular formula is C12H17O. The molecule has 1 radical (unpaired) electrons. The Kier molecular flexibility index (Phi) is 2.97. The van der Waals surface area contributed by atoms with E-state index in [2.05, 4.69) is 20.8 Å². The fourth-order valence-electron chi connectivity index (χ4n) is 1.68. The molecule has 0 heterocycles. The Labute approximate surface area is 80.4 Å². The average Bonchev–Trinajstić information content (AvgIpc) is 2.05. The van der Waals surface area contributed by atoms with E-state index in [9.17, 15) is 5.11 Å². The second-order valence-electron chi connectivity index (χ2n) is 4.16. The van der Waals surface area contributed by atoms with Gasteiger partial charge in [0.1, 0.15) is 0 Å². The van der Waals surface area contributed by atoms with Crippen LogP contribution in [0.3, 0.4) is 0 Å². The third kappa shape index (κ3) is 2.48. The average molecular weight is 177 g/mol. The van der Waals surface area contributed by atoms with Gasteiger partial charge in [-0.05, 0) is 29.5 Å². The van der Waals surface area contributed by atoms with Crippen LogP contribution >= 0.6 is 0 Å². The van der Waals surface area contributed by atoms with Crippen LogP contribution in [-0.4, -0.2) is 0 Å². The van der Waals surface area contributed by atoms with Crippen molar-refractivity contribution >= 4 is 0 Å². The summed E-state index contributed by atoms with van der Waals surface area (Å²) in [5.74, 6) is 0.0936. The van der Waals surface area contributed by atoms with E-state index in [1.54, 1.807) is 12.1 Å². The molecule has 0 aromatic heterocycles. The highest BCUT2D eigenvalue weighted by Crippen LogP contribution is 2.29. The summed E-state index contributed by atoms with van der Waals surface area (Å²) in [4.78, 5) is 0. The van der Waals surface area contributed by atoms with Gasteiger partial charge >= 0.3 is 0 Å². The third-order valence-corrected chi connectivity index (χ3v) is 2.51. The fourth-order valence-corrected chi connectivity index (χ4v) is 1.68. The summed E-state index contributed by atoms with van der Waals surface area (Å²) in [5.41, 5.74) is 1.46. The van der Waals surface area contributed by atoms with E-state index in [0.717, 1.165) is 6.42 Å². The fraction of sp³-hybridized carbons (Fsp3) is 0.500. The predicted octanol–water partition coefficient (Wildman–Crippen LogP) is 3.91. The summed E-state index contributed by atoms with van der Waals surface area (Å²) in [6.07, 6.45) is 2.33. The van der Waals surface area contributed by atoms with Gasteiger partial charge in [-0.1, -0.05) is 39.3 Å². The van der Waals surface area contributed by atoms with Gasteiger partial charge in [-0.3, -0.25) is 5.11 Å². The number of benzene rings is 1. The topological polar surface area (TPSA) is 19.9 Å². The highest BCUT2D eigenvalue weighted by molar-refractivity contribution is 5.30. The maximum absolute atomic E-state index is 10.9. The van der Waals surface area contributed by atoms with Gasteiger partial charge in [0.15, 0.2) is 5.75 Å². The molecule has 0 saturated heterocycles. The second-order valence-corrected chi connectivity index (χ2v) is 4.16. The Hall–Kier alpha value is -0.980. The zero-order valence-electron chi connectivity index (χ0n) is 8.63. The lowest BCUT2D eigenvalue weighted by Gasteiger charge is -2.24. The Bertz CT molecular complexity index is 259. The van der Waals surface area contributed by atoms with Crippen LogP contribution < -0.4 is 0 Å². The lowest BCUT2D eigenvalue weighted by molar-refractivity contribution is 0.354. The molecule has 0 aliphatic rings. The molecule has 13 heavy (non-hydrogen) atoms. The van der Waals surface area contributed by atoms with Gasteiger partial charge in [-0.15, -0.1) is 0 Å². The molecular weight excluding hydrogens is 160 g/mol. The zero-order valence-corrected chi connectivity index (χ0v) is 8.63. The van der Waals surface area contributed by atoms with Crippen LogP contribution in [-0.2, 0) is 10.5 Å². The van der Waals surface area contributed by atoms with E-state index in [-0.39, 0.29) is 11.2 Å². The monoisotopic (exact) mass is 177 g/mol. The Balaban J connectivity index is 2.87. The first-order valence-electron chi connectivity index (χ1n) is 4.84. The SMILES string of the molecule is CCCC(C)(C)c1ccc([O])cc1. The van der Waals surface area contributed by atoms with E-state index in [4.69, 9.17) is 0 Å². The first kappa shape index (κ1) is 10.1. The molecule has 0 atom stereocenters. The molecule has 1 heteroatoms. The predicted molar refractivity (Wildman–Crippen MR) is 54.5 cm³/mol. The van der Waals surface area contributed by atoms with Gasteiger partial charge in [-0.25, -0.2) is 0 Å². The largest absolute Gasteiger partial charge is 0.290 e. The van der Waals surface area contributed by atoms with Crippen LogP contribution in [0.4, 0.5) is 0 Å². The Morgan fingerprint density at radius 1 is 1.15 bits per heavy atom. The third-order valence-electron chi connectivity index (χ3n) is 2.51. The van der Waals surface area contributed by atoms with Gasteiger partial charge in [0.05, 0.1) is 0 Å². The first-order valence-corrected chi connectivity index (χ1v) is 4.84. The molecule has 0 fully saturated rings. The van der Waals surface area contributed by atoms with E-state index in [1.807, 2.05) is 12.1 Å². The molecule has 0 bridgehead atoms. The quantitative estimate of drug-likeness (QED) is 0.667. The molecule has 0 unspecified atom stereocenters. The van der Waals surface area contributed by atoms with Crippen molar-refractivity contribution in [1.82, 2.24) is 0 Å². The smallest absolute Gasteiger partial charge is 0.178 e. The highest BCUT2D eigenvalue weighted by Gasteiger charge is 2.18. The van der Waals surface area contributed by atoms with E-state index in [0.29, 0.717) is 0 Å². The summed E-state index contributed by atoms with van der Waals surface area (Å²) >= 11 is 0. The minimum Gasteiger partial charge on any atom is -0.290 e. The van der Waals surface area contributed by atoms with Gasteiger partial charge in [0.2, 0.25) is 0 Å². The standard InChI is InChI=1S/C12H17O/c1-4-9-12(2,3)10-5-7-11(13)8-6-10/h5-8H,4,9H2,1-3H3. The van der Waals surface area contributed by atoms with Crippen LogP contribution in [0.5, 0.6) is 5.75 Å². The van der Waals surface area contributed by atoms with Crippen molar-refractivity contribution in [1.29, 1.82) is 0 Å². The second kappa shape index (κ2) is 3.82. The molecule has 1 aromatic carbocycles. The lowest BCUT2D eigenvalue weighted by atomic mass is 9.81. The summed E-state index contributed by atoms with van der Waals surface area (Å²) < 4.78 is 0. The van der Waals surface area contributed by atoms with Crippen molar-refractivity contribution < 1.29 is 5.11 Å². The zero-order chi connectivity index (χ0) is 9.90. The molecule has 0 aliphatic heterocycles. The van der Waals surface area contributed by atoms with Crippen molar-refractivity contribution in [2.24, 2.45) is 0 Å². The minimum atomic E-state index is 0.0936. The van der Waals surface area contributed by atoms with Crippen LogP contribution in [0.15, 0.2) is 24.3 Å². The van der Waals surface area contributed by atoms with Gasteiger partial charge in [-0.2, -0.15) is 0 Å². The molecule has 1 nitrogen and oxygen atoms in total. The first-order chi connectivity index (χ1) is 6.06. The summed E-state index contributed by atoms with van der Waals surface area (Å²) in [6, 6.07) is 7.18. The van der Waals surface area contributed by atoms with Gasteiger partial charge < -0.3 is 0 Å². The molecule has 71 valence electrons. The van der Waals surface area contributed by atoms with Gasteiger partial charge in [0, 0.05) is 0 Å². The highest BCUT2D eigenvalue weighted by atomic mass is 16.3. The molecule has 1 rings (SSSR count). The molecule has 0 saturated carbocycles. The van der Waals surface area contributed by atoms with Crippen molar-refractivity contribution in [3.05, 3.63) is 29.8 Å².